The van der Waals surface area contributed by atoms with Gasteiger partial charge in [-0.1, -0.05) is 23.7 Å². The summed E-state index contributed by atoms with van der Waals surface area (Å²) in [5, 5.41) is 1.54. The fourth-order valence-corrected chi connectivity index (χ4v) is 3.12. The number of rotatable bonds is 2. The molecule has 106 valence electrons. The van der Waals surface area contributed by atoms with Crippen LogP contribution in [0.2, 0.25) is 5.02 Å². The van der Waals surface area contributed by atoms with Crippen LogP contribution in [0.15, 0.2) is 30.5 Å². The Morgan fingerprint density at radius 3 is 2.48 bits per heavy atom. The quantitative estimate of drug-likeness (QED) is 0.772. The van der Waals surface area contributed by atoms with E-state index >= 15 is 0 Å². The van der Waals surface area contributed by atoms with Gasteiger partial charge in [0.25, 0.3) is 0 Å². The summed E-state index contributed by atoms with van der Waals surface area (Å²) < 4.78 is 0. The Kier molecular flexibility index (Phi) is 3.61. The molecule has 1 aromatic carbocycles. The van der Waals surface area contributed by atoms with Crippen LogP contribution in [0, 0.1) is 13.8 Å². The number of hydrogen-bond donors (Lipinski definition) is 1. The molecule has 0 fully saturated rings. The number of aromatic nitrogens is 3. The van der Waals surface area contributed by atoms with Gasteiger partial charge < -0.3 is 5.73 Å². The number of nitrogens with zero attached hydrogens (tertiary/aromatic N) is 3. The monoisotopic (exact) mass is 316 g/mol. The summed E-state index contributed by atoms with van der Waals surface area (Å²) in [6.07, 6.45) is 1.72. The molecule has 4 nitrogen and oxygen atoms in total. The van der Waals surface area contributed by atoms with Crippen molar-refractivity contribution in [1.29, 1.82) is 0 Å². The molecular formula is C15H13ClN4S. The summed E-state index contributed by atoms with van der Waals surface area (Å²) in [5.41, 5.74) is 8.71. The molecule has 6 heteroatoms. The number of thiazole rings is 1. The van der Waals surface area contributed by atoms with Crippen molar-refractivity contribution in [2.24, 2.45) is 0 Å². The molecule has 0 aliphatic rings. The third-order valence-electron chi connectivity index (χ3n) is 3.08. The van der Waals surface area contributed by atoms with Crippen molar-refractivity contribution < 1.29 is 0 Å². The van der Waals surface area contributed by atoms with Gasteiger partial charge in [-0.2, -0.15) is 0 Å². The Hall–Kier alpha value is -1.98. The van der Waals surface area contributed by atoms with Crippen molar-refractivity contribution >= 4 is 28.8 Å². The highest BCUT2D eigenvalue weighted by Crippen LogP contribution is 2.35. The highest BCUT2D eigenvalue weighted by Gasteiger charge is 2.14. The minimum atomic E-state index is 0.457. The highest BCUT2D eigenvalue weighted by molar-refractivity contribution is 7.15. The van der Waals surface area contributed by atoms with E-state index in [0.717, 1.165) is 26.7 Å². The lowest BCUT2D eigenvalue weighted by Crippen LogP contribution is -1.98. The number of benzene rings is 1. The van der Waals surface area contributed by atoms with Gasteiger partial charge in [0, 0.05) is 21.7 Å². The number of halogens is 1. The van der Waals surface area contributed by atoms with Gasteiger partial charge in [0.1, 0.15) is 16.6 Å². The van der Waals surface area contributed by atoms with E-state index in [1.54, 1.807) is 17.5 Å². The Morgan fingerprint density at radius 1 is 1.10 bits per heavy atom. The van der Waals surface area contributed by atoms with Crippen LogP contribution < -0.4 is 5.73 Å². The van der Waals surface area contributed by atoms with Crippen molar-refractivity contribution in [3.8, 4) is 21.8 Å². The molecule has 21 heavy (non-hydrogen) atoms. The molecule has 2 N–H and O–H groups in total. The second-order valence-corrected chi connectivity index (χ2v) is 6.29. The lowest BCUT2D eigenvalue weighted by Gasteiger charge is -2.01. The molecule has 0 saturated carbocycles. The Labute approximate surface area is 131 Å². The van der Waals surface area contributed by atoms with E-state index in [1.165, 1.54) is 0 Å². The maximum Gasteiger partial charge on any atom is 0.137 e. The first-order valence-electron chi connectivity index (χ1n) is 6.37. The normalized spacial score (nSPS) is 10.8. The van der Waals surface area contributed by atoms with Gasteiger partial charge in [-0.3, -0.25) is 0 Å². The van der Waals surface area contributed by atoms with Gasteiger partial charge in [0.15, 0.2) is 0 Å². The second kappa shape index (κ2) is 5.42. The van der Waals surface area contributed by atoms with Crippen molar-refractivity contribution in [3.05, 3.63) is 46.2 Å². The second-order valence-electron chi connectivity index (χ2n) is 4.65. The molecule has 0 radical (unpaired) electrons. The van der Waals surface area contributed by atoms with Gasteiger partial charge in [-0.25, -0.2) is 15.0 Å². The first kappa shape index (κ1) is 14.0. The summed E-state index contributed by atoms with van der Waals surface area (Å²) >= 11 is 7.51. The van der Waals surface area contributed by atoms with Gasteiger partial charge in [-0.05, 0) is 26.0 Å². The van der Waals surface area contributed by atoms with Gasteiger partial charge >= 0.3 is 0 Å². The van der Waals surface area contributed by atoms with Gasteiger partial charge in [0.2, 0.25) is 0 Å². The molecular weight excluding hydrogens is 304 g/mol. The highest BCUT2D eigenvalue weighted by atomic mass is 35.5. The fraction of sp³-hybridized carbons (Fsp3) is 0.133. The summed E-state index contributed by atoms with van der Waals surface area (Å²) in [6.45, 7) is 3.85. The van der Waals surface area contributed by atoms with Crippen molar-refractivity contribution in [1.82, 2.24) is 15.0 Å². The van der Waals surface area contributed by atoms with Crippen LogP contribution in [-0.2, 0) is 0 Å². The Morgan fingerprint density at radius 2 is 1.81 bits per heavy atom. The molecule has 0 aliphatic heterocycles. The largest absolute Gasteiger partial charge is 0.383 e. The predicted molar refractivity (Wildman–Crippen MR) is 87.5 cm³/mol. The van der Waals surface area contributed by atoms with Gasteiger partial charge in [0.05, 0.1) is 11.3 Å². The molecule has 0 bridgehead atoms. The molecule has 0 saturated heterocycles. The average molecular weight is 317 g/mol. The number of hydrogen-bond acceptors (Lipinski definition) is 5. The zero-order valence-electron chi connectivity index (χ0n) is 11.6. The third-order valence-corrected chi connectivity index (χ3v) is 4.34. The predicted octanol–water partition coefficient (Wildman–Crippen LogP) is 4.12. The number of nitrogens with two attached hydrogens (primary N) is 1. The number of anilines is 1. The molecule has 0 spiro atoms. The van der Waals surface area contributed by atoms with E-state index in [9.17, 15) is 0 Å². The molecule has 0 atom stereocenters. The fourth-order valence-electron chi connectivity index (χ4n) is 2.04. The first-order valence-corrected chi connectivity index (χ1v) is 7.57. The summed E-state index contributed by atoms with van der Waals surface area (Å²) in [5.74, 6) is 1.11. The zero-order chi connectivity index (χ0) is 15.0. The summed E-state index contributed by atoms with van der Waals surface area (Å²) in [4.78, 5) is 14.2. The van der Waals surface area contributed by atoms with Crippen LogP contribution in [0.3, 0.4) is 0 Å². The van der Waals surface area contributed by atoms with E-state index in [4.69, 9.17) is 17.3 Å². The standard InChI is InChI=1S/C15H13ClN4S/c1-8-13(10-3-5-11(16)6-4-10)20-15(21-8)12-7-18-9(2)19-14(12)17/h3-7H,1-2H3,(H2,17,18,19). The molecule has 2 heterocycles. The van der Waals surface area contributed by atoms with E-state index < -0.39 is 0 Å². The van der Waals surface area contributed by atoms with Crippen LogP contribution in [0.1, 0.15) is 10.7 Å². The summed E-state index contributed by atoms with van der Waals surface area (Å²) in [7, 11) is 0. The lowest BCUT2D eigenvalue weighted by atomic mass is 10.1. The van der Waals surface area contributed by atoms with Crippen LogP contribution in [0.25, 0.3) is 21.8 Å². The smallest absolute Gasteiger partial charge is 0.137 e. The van der Waals surface area contributed by atoms with E-state index in [0.29, 0.717) is 16.7 Å². The number of aryl methyl sites for hydroxylation is 2. The third kappa shape index (κ3) is 2.75. The van der Waals surface area contributed by atoms with Crippen LogP contribution >= 0.6 is 22.9 Å². The van der Waals surface area contributed by atoms with Crippen molar-refractivity contribution in [2.75, 3.05) is 5.73 Å². The summed E-state index contributed by atoms with van der Waals surface area (Å²) in [6, 6.07) is 7.64. The molecule has 0 unspecified atom stereocenters. The van der Waals surface area contributed by atoms with Crippen LogP contribution in [0.4, 0.5) is 5.82 Å². The zero-order valence-corrected chi connectivity index (χ0v) is 13.2. The molecule has 3 aromatic rings. The molecule has 0 amide bonds. The average Bonchev–Trinajstić information content (AvgIpc) is 2.81. The van der Waals surface area contributed by atoms with Crippen molar-refractivity contribution in [3.63, 3.8) is 0 Å². The molecule has 3 rings (SSSR count). The van der Waals surface area contributed by atoms with E-state index in [-0.39, 0.29) is 0 Å². The molecule has 2 aromatic heterocycles. The van der Waals surface area contributed by atoms with E-state index in [2.05, 4.69) is 15.0 Å². The Balaban J connectivity index is 2.07. The van der Waals surface area contributed by atoms with E-state index in [1.807, 2.05) is 38.1 Å². The first-order chi connectivity index (χ1) is 10.0. The van der Waals surface area contributed by atoms with Crippen LogP contribution in [-0.4, -0.2) is 15.0 Å². The SMILES string of the molecule is Cc1ncc(-c2nc(-c3ccc(Cl)cc3)c(C)s2)c(N)n1. The van der Waals surface area contributed by atoms with Crippen LogP contribution in [0.5, 0.6) is 0 Å². The maximum absolute atomic E-state index is 5.97. The van der Waals surface area contributed by atoms with Crippen molar-refractivity contribution in [2.45, 2.75) is 13.8 Å². The topological polar surface area (TPSA) is 64.7 Å². The van der Waals surface area contributed by atoms with Gasteiger partial charge in [-0.15, -0.1) is 11.3 Å². The minimum Gasteiger partial charge on any atom is -0.383 e. The molecule has 0 aliphatic carbocycles. The number of nitrogen functional groups attached to an aromatic ring is 1. The minimum absolute atomic E-state index is 0.457. The Bertz CT molecular complexity index is 796. The lowest BCUT2D eigenvalue weighted by molar-refractivity contribution is 1.06. The maximum atomic E-state index is 5.97.